The zero-order valence-corrected chi connectivity index (χ0v) is 18.5. The molecule has 0 fully saturated rings. The van der Waals surface area contributed by atoms with Crippen molar-refractivity contribution in [1.29, 1.82) is 0 Å². The number of ether oxygens (including phenoxy) is 2. The molecule has 0 aromatic heterocycles. The highest BCUT2D eigenvalue weighted by Gasteiger charge is 2.10. The quantitative estimate of drug-likeness (QED) is 0.364. The molecule has 0 bridgehead atoms. The number of carbonyl (C=O) groups is 1. The molecule has 7 heteroatoms. The molecule has 156 valence electrons. The molecular formula is C23H20Cl3NO3. The maximum absolute atomic E-state index is 11.8. The minimum atomic E-state index is -0.340. The first-order valence-corrected chi connectivity index (χ1v) is 10.5. The Morgan fingerprint density at radius 2 is 1.67 bits per heavy atom. The van der Waals surface area contributed by atoms with Crippen molar-refractivity contribution < 1.29 is 14.3 Å². The summed E-state index contributed by atoms with van der Waals surface area (Å²) in [5.41, 5.74) is 2.96. The first-order chi connectivity index (χ1) is 14.5. The van der Waals surface area contributed by atoms with Crippen molar-refractivity contribution in [3.05, 3.63) is 92.4 Å². The molecular weight excluding hydrogens is 445 g/mol. The van der Waals surface area contributed by atoms with Crippen LogP contribution >= 0.6 is 34.8 Å². The maximum atomic E-state index is 11.8. The van der Waals surface area contributed by atoms with Crippen LogP contribution in [-0.2, 0) is 17.9 Å². The Hall–Kier alpha value is -2.40. The van der Waals surface area contributed by atoms with Crippen LogP contribution in [0.5, 0.6) is 5.75 Å². The van der Waals surface area contributed by atoms with Gasteiger partial charge in [0.1, 0.15) is 12.4 Å². The predicted octanol–water partition coefficient (Wildman–Crippen LogP) is 7.01. The number of benzene rings is 3. The molecule has 0 spiro atoms. The number of nitrogens with one attached hydrogen (secondary N) is 1. The van der Waals surface area contributed by atoms with Gasteiger partial charge in [-0.1, -0.05) is 40.9 Å². The first kappa shape index (κ1) is 22.3. The van der Waals surface area contributed by atoms with Gasteiger partial charge in [0.25, 0.3) is 0 Å². The van der Waals surface area contributed by atoms with Crippen LogP contribution in [0.2, 0.25) is 15.1 Å². The molecule has 0 aliphatic carbocycles. The minimum Gasteiger partial charge on any atom is -0.488 e. The van der Waals surface area contributed by atoms with E-state index in [4.69, 9.17) is 44.3 Å². The predicted molar refractivity (Wildman–Crippen MR) is 122 cm³/mol. The Kier molecular flexibility index (Phi) is 7.86. The lowest BCUT2D eigenvalue weighted by molar-refractivity contribution is 0.0526. The number of halogens is 3. The monoisotopic (exact) mass is 463 g/mol. The second-order valence-corrected chi connectivity index (χ2v) is 7.64. The fraction of sp³-hybridized carbons (Fsp3) is 0.174. The van der Waals surface area contributed by atoms with Gasteiger partial charge >= 0.3 is 5.97 Å². The van der Waals surface area contributed by atoms with Crippen molar-refractivity contribution in [3.63, 3.8) is 0 Å². The van der Waals surface area contributed by atoms with E-state index in [1.807, 2.05) is 24.3 Å². The summed E-state index contributed by atoms with van der Waals surface area (Å²) >= 11 is 18.6. The summed E-state index contributed by atoms with van der Waals surface area (Å²) in [7, 11) is 0. The topological polar surface area (TPSA) is 47.6 Å². The van der Waals surface area contributed by atoms with Crippen LogP contribution in [0.3, 0.4) is 0 Å². The lowest BCUT2D eigenvalue weighted by Crippen LogP contribution is -2.06. The van der Waals surface area contributed by atoms with Crippen molar-refractivity contribution >= 4 is 46.5 Å². The van der Waals surface area contributed by atoms with Gasteiger partial charge in [-0.2, -0.15) is 0 Å². The van der Waals surface area contributed by atoms with Crippen LogP contribution in [0.4, 0.5) is 5.69 Å². The van der Waals surface area contributed by atoms with Crippen molar-refractivity contribution in [1.82, 2.24) is 0 Å². The summed E-state index contributed by atoms with van der Waals surface area (Å²) in [4.78, 5) is 11.8. The molecule has 0 aliphatic rings. The molecule has 0 atom stereocenters. The number of hydrogen-bond donors (Lipinski definition) is 1. The molecule has 0 amide bonds. The van der Waals surface area contributed by atoms with Crippen molar-refractivity contribution in [2.45, 2.75) is 20.1 Å². The fourth-order valence-electron chi connectivity index (χ4n) is 2.78. The molecule has 3 aromatic carbocycles. The van der Waals surface area contributed by atoms with Crippen molar-refractivity contribution in [2.75, 3.05) is 11.9 Å². The summed E-state index contributed by atoms with van der Waals surface area (Å²) < 4.78 is 11.0. The van der Waals surface area contributed by atoms with Gasteiger partial charge in [-0.3, -0.25) is 0 Å². The highest BCUT2D eigenvalue weighted by Crippen LogP contribution is 2.29. The van der Waals surface area contributed by atoms with Gasteiger partial charge in [-0.25, -0.2) is 4.79 Å². The lowest BCUT2D eigenvalue weighted by Gasteiger charge is -2.15. The van der Waals surface area contributed by atoms with Gasteiger partial charge in [-0.05, 0) is 61.5 Å². The molecule has 4 nitrogen and oxygen atoms in total. The number of carbonyl (C=O) groups excluding carboxylic acids is 1. The van der Waals surface area contributed by atoms with E-state index in [0.717, 1.165) is 16.8 Å². The summed E-state index contributed by atoms with van der Waals surface area (Å²) in [6.07, 6.45) is 0. The molecule has 0 saturated carbocycles. The van der Waals surface area contributed by atoms with Gasteiger partial charge in [-0.15, -0.1) is 0 Å². The standard InChI is InChI=1S/C23H20Cl3NO3/c1-2-29-23(28)15-6-9-18(10-7-15)27-13-16-12-17(24)8-11-22(16)30-14-19-20(25)4-3-5-21(19)26/h3-12,27H,2,13-14H2,1H3. The third-order valence-corrected chi connectivity index (χ3v) is 5.28. The second kappa shape index (κ2) is 10.6. The molecule has 0 saturated heterocycles. The van der Waals surface area contributed by atoms with E-state index in [9.17, 15) is 4.79 Å². The molecule has 3 rings (SSSR count). The Balaban J connectivity index is 1.69. The van der Waals surface area contributed by atoms with Crippen LogP contribution in [0, 0.1) is 0 Å². The van der Waals surface area contributed by atoms with E-state index >= 15 is 0 Å². The third kappa shape index (κ3) is 5.82. The molecule has 0 heterocycles. The Morgan fingerprint density at radius 3 is 2.33 bits per heavy atom. The smallest absolute Gasteiger partial charge is 0.338 e. The fourth-order valence-corrected chi connectivity index (χ4v) is 3.48. The summed E-state index contributed by atoms with van der Waals surface area (Å²) in [5.74, 6) is 0.332. The molecule has 30 heavy (non-hydrogen) atoms. The summed E-state index contributed by atoms with van der Waals surface area (Å²) in [6.45, 7) is 2.83. The molecule has 3 aromatic rings. The lowest BCUT2D eigenvalue weighted by atomic mass is 10.1. The zero-order valence-electron chi connectivity index (χ0n) is 16.3. The van der Waals surface area contributed by atoms with Gasteiger partial charge in [0, 0.05) is 38.4 Å². The van der Waals surface area contributed by atoms with E-state index in [-0.39, 0.29) is 12.6 Å². The van der Waals surface area contributed by atoms with Gasteiger partial charge in [0.05, 0.1) is 12.2 Å². The van der Waals surface area contributed by atoms with E-state index in [2.05, 4.69) is 5.32 Å². The summed E-state index contributed by atoms with van der Waals surface area (Å²) in [6, 6.07) is 17.8. The zero-order chi connectivity index (χ0) is 21.5. The van der Waals surface area contributed by atoms with E-state index in [0.29, 0.717) is 39.5 Å². The van der Waals surface area contributed by atoms with E-state index in [1.54, 1.807) is 43.3 Å². The molecule has 0 radical (unpaired) electrons. The maximum Gasteiger partial charge on any atom is 0.338 e. The highest BCUT2D eigenvalue weighted by molar-refractivity contribution is 6.36. The minimum absolute atomic E-state index is 0.237. The highest BCUT2D eigenvalue weighted by atomic mass is 35.5. The number of rotatable bonds is 8. The molecule has 0 aliphatic heterocycles. The average molecular weight is 465 g/mol. The van der Waals surface area contributed by atoms with Crippen LogP contribution in [0.1, 0.15) is 28.4 Å². The van der Waals surface area contributed by atoms with Gasteiger partial charge < -0.3 is 14.8 Å². The Bertz CT molecular complexity index is 1000. The Labute approximate surface area is 190 Å². The largest absolute Gasteiger partial charge is 0.488 e. The normalized spacial score (nSPS) is 10.5. The SMILES string of the molecule is CCOC(=O)c1ccc(NCc2cc(Cl)ccc2OCc2c(Cl)cccc2Cl)cc1. The van der Waals surface area contributed by atoms with Crippen molar-refractivity contribution in [3.8, 4) is 5.75 Å². The van der Waals surface area contributed by atoms with Crippen LogP contribution in [0.25, 0.3) is 0 Å². The third-order valence-electron chi connectivity index (χ3n) is 4.34. The van der Waals surface area contributed by atoms with Crippen LogP contribution < -0.4 is 10.1 Å². The van der Waals surface area contributed by atoms with Crippen LogP contribution in [0.15, 0.2) is 60.7 Å². The molecule has 0 unspecified atom stereocenters. The van der Waals surface area contributed by atoms with E-state index in [1.165, 1.54) is 0 Å². The Morgan fingerprint density at radius 1 is 0.967 bits per heavy atom. The van der Waals surface area contributed by atoms with Crippen LogP contribution in [-0.4, -0.2) is 12.6 Å². The summed E-state index contributed by atoms with van der Waals surface area (Å²) in [5, 5.41) is 5.02. The second-order valence-electron chi connectivity index (χ2n) is 6.39. The van der Waals surface area contributed by atoms with Gasteiger partial charge in [0.15, 0.2) is 0 Å². The van der Waals surface area contributed by atoms with Gasteiger partial charge in [0.2, 0.25) is 0 Å². The first-order valence-electron chi connectivity index (χ1n) is 9.33. The number of hydrogen-bond acceptors (Lipinski definition) is 4. The molecule has 1 N–H and O–H groups in total. The average Bonchev–Trinajstić information content (AvgIpc) is 2.73. The number of esters is 1. The van der Waals surface area contributed by atoms with Crippen molar-refractivity contribution in [2.24, 2.45) is 0 Å². The van der Waals surface area contributed by atoms with E-state index < -0.39 is 0 Å². The number of anilines is 1.